The lowest BCUT2D eigenvalue weighted by Crippen LogP contribution is -2.27. The van der Waals surface area contributed by atoms with Crippen molar-refractivity contribution in [1.29, 1.82) is 0 Å². The number of anilines is 1. The topological polar surface area (TPSA) is 56.1 Å². The average Bonchev–Trinajstić information content (AvgIpc) is 2.32. The van der Waals surface area contributed by atoms with Crippen molar-refractivity contribution in [1.82, 2.24) is 9.55 Å². The van der Waals surface area contributed by atoms with E-state index in [-0.39, 0.29) is 5.56 Å². The summed E-state index contributed by atoms with van der Waals surface area (Å²) >= 11 is 0. The van der Waals surface area contributed by atoms with E-state index < -0.39 is 0 Å². The van der Waals surface area contributed by atoms with Crippen LogP contribution in [0.25, 0.3) is 0 Å². The number of nitrogens with one attached hydrogen (secondary N) is 1. The van der Waals surface area contributed by atoms with E-state index in [0.717, 1.165) is 32.6 Å². The molecule has 0 saturated carbocycles. The lowest BCUT2D eigenvalue weighted by Gasteiger charge is -2.22. The first-order valence-corrected chi connectivity index (χ1v) is 5.60. The molecule has 1 aliphatic heterocycles. The van der Waals surface area contributed by atoms with E-state index in [1.807, 2.05) is 0 Å². The molecule has 0 aliphatic carbocycles. The van der Waals surface area contributed by atoms with E-state index in [0.29, 0.717) is 11.7 Å². The van der Waals surface area contributed by atoms with Gasteiger partial charge in [0.25, 0.3) is 5.56 Å². The van der Waals surface area contributed by atoms with Crippen molar-refractivity contribution in [3.05, 3.63) is 22.7 Å². The first-order chi connectivity index (χ1) is 7.77. The van der Waals surface area contributed by atoms with Gasteiger partial charge in [0.15, 0.2) is 5.82 Å². The van der Waals surface area contributed by atoms with Crippen LogP contribution in [-0.4, -0.2) is 29.3 Å². The van der Waals surface area contributed by atoms with Crippen LogP contribution < -0.4 is 10.9 Å². The Balaban J connectivity index is 1.94. The maximum Gasteiger partial charge on any atom is 0.293 e. The molecule has 1 N–H and O–H groups in total. The standard InChI is InChI=1S/C11H17N3O2/c1-14-5-4-12-10(11(14)15)13-8-9-2-6-16-7-3-9/h4-5,9H,2-3,6-8H2,1H3,(H,12,13). The highest BCUT2D eigenvalue weighted by atomic mass is 16.5. The van der Waals surface area contributed by atoms with Crippen molar-refractivity contribution in [2.75, 3.05) is 25.1 Å². The maximum absolute atomic E-state index is 11.7. The smallest absolute Gasteiger partial charge is 0.293 e. The quantitative estimate of drug-likeness (QED) is 0.816. The van der Waals surface area contributed by atoms with Crippen LogP contribution in [0, 0.1) is 5.92 Å². The van der Waals surface area contributed by atoms with E-state index >= 15 is 0 Å². The molecule has 5 nitrogen and oxygen atoms in total. The average molecular weight is 223 g/mol. The molecular weight excluding hydrogens is 206 g/mol. The van der Waals surface area contributed by atoms with Gasteiger partial charge in [0, 0.05) is 39.2 Å². The monoisotopic (exact) mass is 223 g/mol. The zero-order chi connectivity index (χ0) is 11.4. The molecule has 1 fully saturated rings. The minimum atomic E-state index is -0.0745. The van der Waals surface area contributed by atoms with Gasteiger partial charge in [-0.3, -0.25) is 4.79 Å². The van der Waals surface area contributed by atoms with Gasteiger partial charge in [-0.25, -0.2) is 4.98 Å². The number of nitrogens with zero attached hydrogens (tertiary/aromatic N) is 2. The molecule has 1 aromatic heterocycles. The lowest BCUT2D eigenvalue weighted by atomic mass is 10.0. The number of rotatable bonds is 3. The summed E-state index contributed by atoms with van der Waals surface area (Å²) in [7, 11) is 1.73. The first kappa shape index (κ1) is 11.1. The van der Waals surface area contributed by atoms with E-state index in [2.05, 4.69) is 10.3 Å². The molecule has 0 radical (unpaired) electrons. The van der Waals surface area contributed by atoms with E-state index in [9.17, 15) is 4.79 Å². The highest BCUT2D eigenvalue weighted by molar-refractivity contribution is 5.30. The lowest BCUT2D eigenvalue weighted by molar-refractivity contribution is 0.0699. The second-order valence-corrected chi connectivity index (χ2v) is 4.13. The van der Waals surface area contributed by atoms with E-state index in [1.54, 1.807) is 19.4 Å². The summed E-state index contributed by atoms with van der Waals surface area (Å²) in [4.78, 5) is 15.7. The van der Waals surface area contributed by atoms with Gasteiger partial charge in [-0.1, -0.05) is 0 Å². The van der Waals surface area contributed by atoms with Gasteiger partial charge in [-0.15, -0.1) is 0 Å². The second-order valence-electron chi connectivity index (χ2n) is 4.13. The van der Waals surface area contributed by atoms with Crippen molar-refractivity contribution in [3.63, 3.8) is 0 Å². The largest absolute Gasteiger partial charge is 0.381 e. The summed E-state index contributed by atoms with van der Waals surface area (Å²) in [5, 5.41) is 3.12. The van der Waals surface area contributed by atoms with Crippen molar-refractivity contribution in [2.45, 2.75) is 12.8 Å². The Bertz CT molecular complexity index is 396. The Hall–Kier alpha value is -1.36. The first-order valence-electron chi connectivity index (χ1n) is 5.60. The highest BCUT2D eigenvalue weighted by Crippen LogP contribution is 2.14. The molecule has 1 aliphatic rings. The van der Waals surface area contributed by atoms with Crippen molar-refractivity contribution >= 4 is 5.82 Å². The Morgan fingerprint density at radius 1 is 1.56 bits per heavy atom. The van der Waals surface area contributed by atoms with Crippen LogP contribution in [0.4, 0.5) is 5.82 Å². The van der Waals surface area contributed by atoms with Gasteiger partial charge in [-0.05, 0) is 18.8 Å². The van der Waals surface area contributed by atoms with Gasteiger partial charge in [-0.2, -0.15) is 0 Å². The van der Waals surface area contributed by atoms with Crippen molar-refractivity contribution in [2.24, 2.45) is 13.0 Å². The summed E-state index contributed by atoms with van der Waals surface area (Å²) < 4.78 is 6.81. The molecule has 2 heterocycles. The zero-order valence-electron chi connectivity index (χ0n) is 9.48. The van der Waals surface area contributed by atoms with E-state index in [1.165, 1.54) is 4.57 Å². The molecule has 0 aromatic carbocycles. The van der Waals surface area contributed by atoms with Crippen LogP contribution >= 0.6 is 0 Å². The fourth-order valence-electron chi connectivity index (χ4n) is 1.81. The molecule has 2 rings (SSSR count). The van der Waals surface area contributed by atoms with Crippen LogP contribution in [0.15, 0.2) is 17.2 Å². The van der Waals surface area contributed by atoms with Crippen LogP contribution in [0.1, 0.15) is 12.8 Å². The zero-order valence-corrected chi connectivity index (χ0v) is 9.48. The Kier molecular flexibility index (Phi) is 3.56. The van der Waals surface area contributed by atoms with Gasteiger partial charge in [0.05, 0.1) is 0 Å². The fraction of sp³-hybridized carbons (Fsp3) is 0.636. The highest BCUT2D eigenvalue weighted by Gasteiger charge is 2.14. The Morgan fingerprint density at radius 2 is 2.31 bits per heavy atom. The number of aryl methyl sites for hydroxylation is 1. The summed E-state index contributed by atoms with van der Waals surface area (Å²) in [6, 6.07) is 0. The molecule has 1 aromatic rings. The second kappa shape index (κ2) is 5.12. The minimum Gasteiger partial charge on any atom is -0.381 e. The van der Waals surface area contributed by atoms with E-state index in [4.69, 9.17) is 4.74 Å². The molecule has 0 unspecified atom stereocenters. The molecule has 16 heavy (non-hydrogen) atoms. The van der Waals surface area contributed by atoms with Crippen LogP contribution in [-0.2, 0) is 11.8 Å². The van der Waals surface area contributed by atoms with Gasteiger partial charge >= 0.3 is 0 Å². The molecule has 0 spiro atoms. The van der Waals surface area contributed by atoms with Crippen LogP contribution in [0.5, 0.6) is 0 Å². The third-order valence-electron chi connectivity index (χ3n) is 2.92. The normalized spacial score (nSPS) is 17.3. The van der Waals surface area contributed by atoms with Gasteiger partial charge < -0.3 is 14.6 Å². The number of ether oxygens (including phenoxy) is 1. The SMILES string of the molecule is Cn1ccnc(NCC2CCOCC2)c1=O. The summed E-state index contributed by atoms with van der Waals surface area (Å²) in [5.74, 6) is 1.02. The fourth-order valence-corrected chi connectivity index (χ4v) is 1.81. The van der Waals surface area contributed by atoms with Crippen molar-refractivity contribution < 1.29 is 4.74 Å². The molecule has 0 atom stereocenters. The number of hydrogen-bond donors (Lipinski definition) is 1. The van der Waals surface area contributed by atoms with Crippen LogP contribution in [0.3, 0.4) is 0 Å². The Morgan fingerprint density at radius 3 is 3.06 bits per heavy atom. The third kappa shape index (κ3) is 2.61. The third-order valence-corrected chi connectivity index (χ3v) is 2.92. The number of hydrogen-bond acceptors (Lipinski definition) is 4. The van der Waals surface area contributed by atoms with Gasteiger partial charge in [0.2, 0.25) is 0 Å². The summed E-state index contributed by atoms with van der Waals surface area (Å²) in [6.45, 7) is 2.45. The number of aromatic nitrogens is 2. The van der Waals surface area contributed by atoms with Gasteiger partial charge in [0.1, 0.15) is 0 Å². The molecule has 0 bridgehead atoms. The maximum atomic E-state index is 11.7. The predicted octanol–water partition coefficient (Wildman–Crippen LogP) is 0.619. The molecule has 0 amide bonds. The minimum absolute atomic E-state index is 0.0745. The molecule has 5 heteroatoms. The summed E-state index contributed by atoms with van der Waals surface area (Å²) in [5.41, 5.74) is -0.0745. The molecule has 1 saturated heterocycles. The molecule has 88 valence electrons. The predicted molar refractivity (Wildman–Crippen MR) is 61.5 cm³/mol. The molecular formula is C11H17N3O2. The summed E-state index contributed by atoms with van der Waals surface area (Å²) in [6.07, 6.45) is 5.40. The van der Waals surface area contributed by atoms with Crippen LogP contribution in [0.2, 0.25) is 0 Å². The Labute approximate surface area is 94.5 Å². The van der Waals surface area contributed by atoms with Crippen molar-refractivity contribution in [3.8, 4) is 0 Å².